The van der Waals surface area contributed by atoms with Gasteiger partial charge in [0.1, 0.15) is 5.60 Å². The summed E-state index contributed by atoms with van der Waals surface area (Å²) in [6.07, 6.45) is 1.11. The maximum absolute atomic E-state index is 12.2. The number of aromatic nitrogens is 1. The van der Waals surface area contributed by atoms with Gasteiger partial charge in [0.2, 0.25) is 0 Å². The van der Waals surface area contributed by atoms with E-state index in [2.05, 4.69) is 20.9 Å². The number of carbonyl (C=O) groups is 3. The number of carbonyl (C=O) groups excluding carboxylic acids is 3. The summed E-state index contributed by atoms with van der Waals surface area (Å²) in [5.41, 5.74) is 3.37. The van der Waals surface area contributed by atoms with Crippen LogP contribution in [0.1, 0.15) is 38.8 Å². The van der Waals surface area contributed by atoms with Gasteiger partial charge in [0, 0.05) is 25.4 Å². The highest BCUT2D eigenvalue weighted by molar-refractivity contribution is 6.03. The molecule has 0 spiro atoms. The van der Waals surface area contributed by atoms with Crippen LogP contribution in [-0.2, 0) is 32.2 Å². The summed E-state index contributed by atoms with van der Waals surface area (Å²) in [5, 5.41) is 9.72. The van der Waals surface area contributed by atoms with Crippen molar-refractivity contribution in [1.29, 1.82) is 0 Å². The van der Waals surface area contributed by atoms with Crippen LogP contribution in [0, 0.1) is 0 Å². The van der Waals surface area contributed by atoms with E-state index in [1.165, 1.54) is 6.92 Å². The maximum Gasteiger partial charge on any atom is 0.407 e. The number of rotatable bonds is 8. The van der Waals surface area contributed by atoms with Crippen LogP contribution in [0.3, 0.4) is 0 Å². The Kier molecular flexibility index (Phi) is 8.25. The number of alkyl carbamates (subject to hydrolysis) is 1. The fourth-order valence-electron chi connectivity index (χ4n) is 3.23. The molecule has 3 N–H and O–H groups in total. The van der Waals surface area contributed by atoms with Crippen LogP contribution in [0.5, 0.6) is 0 Å². The SMILES string of the molecule is CC(=O)OCC(=O)Nc1cnc2ccccc2c1NCc1ccc(CNC(=O)OC(C)(C)C)cc1. The quantitative estimate of drug-likeness (QED) is 0.411. The smallest absolute Gasteiger partial charge is 0.407 e. The second-order valence-corrected chi connectivity index (χ2v) is 8.92. The molecule has 184 valence electrons. The number of pyridine rings is 1. The highest BCUT2D eigenvalue weighted by atomic mass is 16.6. The Morgan fingerprint density at radius 1 is 0.943 bits per heavy atom. The van der Waals surface area contributed by atoms with Gasteiger partial charge in [-0.25, -0.2) is 4.79 Å². The molecule has 1 heterocycles. The third-order valence-electron chi connectivity index (χ3n) is 4.78. The van der Waals surface area contributed by atoms with E-state index in [1.54, 1.807) is 6.20 Å². The second-order valence-electron chi connectivity index (χ2n) is 8.92. The van der Waals surface area contributed by atoms with Gasteiger partial charge in [-0.15, -0.1) is 0 Å². The first kappa shape index (κ1) is 25.5. The lowest BCUT2D eigenvalue weighted by Gasteiger charge is -2.19. The summed E-state index contributed by atoms with van der Waals surface area (Å²) in [6.45, 7) is 7.17. The van der Waals surface area contributed by atoms with Crippen LogP contribution >= 0.6 is 0 Å². The minimum atomic E-state index is -0.546. The number of ether oxygens (including phenoxy) is 2. The van der Waals surface area contributed by atoms with Crippen molar-refractivity contribution in [2.75, 3.05) is 17.2 Å². The van der Waals surface area contributed by atoms with Crippen LogP contribution in [0.15, 0.2) is 54.7 Å². The van der Waals surface area contributed by atoms with E-state index in [0.717, 1.165) is 22.0 Å². The van der Waals surface area contributed by atoms with Crippen molar-refractivity contribution in [3.63, 3.8) is 0 Å². The van der Waals surface area contributed by atoms with Gasteiger partial charge >= 0.3 is 12.1 Å². The van der Waals surface area contributed by atoms with E-state index in [-0.39, 0.29) is 6.61 Å². The number of benzene rings is 2. The molecule has 0 bridgehead atoms. The summed E-state index contributed by atoms with van der Waals surface area (Å²) >= 11 is 0. The summed E-state index contributed by atoms with van der Waals surface area (Å²) in [6, 6.07) is 15.4. The summed E-state index contributed by atoms with van der Waals surface area (Å²) in [7, 11) is 0. The minimum absolute atomic E-state index is 0.357. The summed E-state index contributed by atoms with van der Waals surface area (Å²) < 4.78 is 10.0. The monoisotopic (exact) mass is 478 g/mol. The van der Waals surface area contributed by atoms with Gasteiger partial charge in [-0.1, -0.05) is 42.5 Å². The van der Waals surface area contributed by atoms with Crippen LogP contribution < -0.4 is 16.0 Å². The second kappa shape index (κ2) is 11.3. The molecule has 2 amide bonds. The van der Waals surface area contributed by atoms with Gasteiger partial charge < -0.3 is 25.4 Å². The van der Waals surface area contributed by atoms with E-state index in [9.17, 15) is 14.4 Å². The van der Waals surface area contributed by atoms with E-state index in [1.807, 2.05) is 69.3 Å². The lowest BCUT2D eigenvalue weighted by atomic mass is 10.1. The highest BCUT2D eigenvalue weighted by Crippen LogP contribution is 2.30. The van der Waals surface area contributed by atoms with Crippen LogP contribution in [0.25, 0.3) is 10.9 Å². The van der Waals surface area contributed by atoms with Crippen LogP contribution in [-0.4, -0.2) is 35.2 Å². The van der Waals surface area contributed by atoms with Crippen molar-refractivity contribution in [3.05, 3.63) is 65.9 Å². The Bertz CT molecular complexity index is 1200. The lowest BCUT2D eigenvalue weighted by Crippen LogP contribution is -2.32. The van der Waals surface area contributed by atoms with Gasteiger partial charge in [-0.05, 0) is 38.0 Å². The summed E-state index contributed by atoms with van der Waals surface area (Å²) in [4.78, 5) is 39.5. The highest BCUT2D eigenvalue weighted by Gasteiger charge is 2.16. The van der Waals surface area contributed by atoms with Crippen LogP contribution in [0.2, 0.25) is 0 Å². The third kappa shape index (κ3) is 7.99. The molecule has 9 nitrogen and oxygen atoms in total. The molecule has 2 aromatic carbocycles. The molecule has 0 aliphatic heterocycles. The molecular weight excluding hydrogens is 448 g/mol. The van der Waals surface area contributed by atoms with E-state index >= 15 is 0 Å². The molecule has 0 aliphatic rings. The number of hydrogen-bond acceptors (Lipinski definition) is 7. The normalized spacial score (nSPS) is 11.0. The number of hydrogen-bond donors (Lipinski definition) is 3. The lowest BCUT2D eigenvalue weighted by molar-refractivity contribution is -0.144. The fourth-order valence-corrected chi connectivity index (χ4v) is 3.23. The van der Waals surface area contributed by atoms with Crippen molar-refractivity contribution >= 4 is 40.2 Å². The van der Waals surface area contributed by atoms with E-state index in [0.29, 0.717) is 24.5 Å². The molecule has 9 heteroatoms. The molecule has 0 fully saturated rings. The Morgan fingerprint density at radius 2 is 1.60 bits per heavy atom. The van der Waals surface area contributed by atoms with E-state index < -0.39 is 23.6 Å². The molecule has 1 aromatic heterocycles. The maximum atomic E-state index is 12.2. The zero-order chi connectivity index (χ0) is 25.4. The molecule has 0 unspecified atom stereocenters. The van der Waals surface area contributed by atoms with Crippen molar-refractivity contribution < 1.29 is 23.9 Å². The molecule has 0 saturated carbocycles. The molecule has 0 atom stereocenters. The van der Waals surface area contributed by atoms with Crippen molar-refractivity contribution in [3.8, 4) is 0 Å². The first-order valence-corrected chi connectivity index (χ1v) is 11.2. The Hall–Kier alpha value is -4.14. The van der Waals surface area contributed by atoms with Crippen molar-refractivity contribution in [2.45, 2.75) is 46.4 Å². The zero-order valence-electron chi connectivity index (χ0n) is 20.3. The predicted octanol–water partition coefficient (Wildman–Crippen LogP) is 4.37. The predicted molar refractivity (Wildman–Crippen MR) is 134 cm³/mol. The van der Waals surface area contributed by atoms with Gasteiger partial charge in [-0.3, -0.25) is 14.6 Å². The summed E-state index contributed by atoms with van der Waals surface area (Å²) in [5.74, 6) is -0.984. The number of anilines is 2. The van der Waals surface area contributed by atoms with Gasteiger partial charge in [0.15, 0.2) is 6.61 Å². The standard InChI is InChI=1S/C26H30N4O5/c1-17(31)34-16-23(32)30-22-15-27-21-8-6-5-7-20(21)24(22)28-13-18-9-11-19(12-10-18)14-29-25(33)35-26(2,3)4/h5-12,15H,13-14,16H2,1-4H3,(H,27,28)(H,29,33)(H,30,32). The van der Waals surface area contributed by atoms with Gasteiger partial charge in [0.05, 0.1) is 23.1 Å². The molecule has 3 rings (SSSR count). The number of nitrogens with zero attached hydrogens (tertiary/aromatic N) is 1. The van der Waals surface area contributed by atoms with E-state index in [4.69, 9.17) is 9.47 Å². The minimum Gasteiger partial charge on any atom is -0.456 e. The van der Waals surface area contributed by atoms with Crippen molar-refractivity contribution in [2.24, 2.45) is 0 Å². The molecule has 0 aliphatic carbocycles. The molecular formula is C26H30N4O5. The van der Waals surface area contributed by atoms with Crippen molar-refractivity contribution in [1.82, 2.24) is 10.3 Å². The zero-order valence-corrected chi connectivity index (χ0v) is 20.3. The van der Waals surface area contributed by atoms with Gasteiger partial charge in [0.25, 0.3) is 5.91 Å². The molecule has 0 radical (unpaired) electrons. The average Bonchev–Trinajstić information content (AvgIpc) is 2.80. The first-order chi connectivity index (χ1) is 16.6. The Labute approximate surface area is 204 Å². The topological polar surface area (TPSA) is 119 Å². The average molecular weight is 479 g/mol. The Morgan fingerprint density at radius 3 is 2.26 bits per heavy atom. The van der Waals surface area contributed by atoms with Crippen LogP contribution in [0.4, 0.5) is 16.2 Å². The molecule has 35 heavy (non-hydrogen) atoms. The van der Waals surface area contributed by atoms with Gasteiger partial charge in [-0.2, -0.15) is 0 Å². The number of esters is 1. The first-order valence-electron chi connectivity index (χ1n) is 11.2. The fraction of sp³-hybridized carbons (Fsp3) is 0.308. The molecule has 0 saturated heterocycles. The number of amides is 2. The largest absolute Gasteiger partial charge is 0.456 e. The Balaban J connectivity index is 1.68. The number of fused-ring (bicyclic) bond motifs is 1. The third-order valence-corrected chi connectivity index (χ3v) is 4.78. The number of para-hydroxylation sites is 1. The number of nitrogens with one attached hydrogen (secondary N) is 3. The molecule has 3 aromatic rings.